The van der Waals surface area contributed by atoms with Crippen LogP contribution in [0.1, 0.15) is 74.7 Å². The number of nitrogens with zero attached hydrogens (tertiary/aromatic N) is 1. The third kappa shape index (κ3) is 6.66. The standard InChI is InChI=1S/C24H36N4O3/c1-4-10-18(3)28(20-13-14-21(29)27-23(20)30)24(31)22-17(2)11-9-12-19(22)26-16-8-6-5-7-15-25/h9-12,20,26H,4-8,13-16,25H2,1-3H3,(H,27,29,30)/b18-10+. The molecule has 0 spiro atoms. The Morgan fingerprint density at radius 1 is 1.26 bits per heavy atom. The molecular weight excluding hydrogens is 392 g/mol. The van der Waals surface area contributed by atoms with E-state index in [4.69, 9.17) is 5.73 Å². The Morgan fingerprint density at radius 3 is 2.68 bits per heavy atom. The lowest BCUT2D eigenvalue weighted by atomic mass is 9.99. The van der Waals surface area contributed by atoms with E-state index < -0.39 is 11.9 Å². The molecule has 31 heavy (non-hydrogen) atoms. The molecule has 1 atom stereocenters. The first-order chi connectivity index (χ1) is 14.9. The molecule has 0 bridgehead atoms. The molecule has 1 saturated heterocycles. The summed E-state index contributed by atoms with van der Waals surface area (Å²) in [5.41, 5.74) is 8.45. The van der Waals surface area contributed by atoms with Gasteiger partial charge in [0.1, 0.15) is 6.04 Å². The summed E-state index contributed by atoms with van der Waals surface area (Å²) in [7, 11) is 0. The van der Waals surface area contributed by atoms with Crippen LogP contribution in [0.3, 0.4) is 0 Å². The largest absolute Gasteiger partial charge is 0.384 e. The molecule has 1 aromatic rings. The highest BCUT2D eigenvalue weighted by molar-refractivity contribution is 6.06. The average molecular weight is 429 g/mol. The number of hydrogen-bond donors (Lipinski definition) is 3. The van der Waals surface area contributed by atoms with Crippen molar-refractivity contribution in [3.63, 3.8) is 0 Å². The number of piperidine rings is 1. The van der Waals surface area contributed by atoms with Gasteiger partial charge in [-0.3, -0.25) is 19.7 Å². The number of rotatable bonds is 11. The zero-order valence-electron chi connectivity index (χ0n) is 19.0. The number of nitrogens with one attached hydrogen (secondary N) is 2. The van der Waals surface area contributed by atoms with Crippen LogP contribution in [-0.2, 0) is 9.59 Å². The van der Waals surface area contributed by atoms with Gasteiger partial charge in [-0.05, 0) is 57.7 Å². The van der Waals surface area contributed by atoms with Gasteiger partial charge < -0.3 is 16.0 Å². The van der Waals surface area contributed by atoms with E-state index in [1.165, 1.54) is 0 Å². The van der Waals surface area contributed by atoms with E-state index in [9.17, 15) is 14.4 Å². The van der Waals surface area contributed by atoms with Crippen LogP contribution in [0.2, 0.25) is 0 Å². The Labute approximate surface area is 185 Å². The summed E-state index contributed by atoms with van der Waals surface area (Å²) >= 11 is 0. The Balaban J connectivity index is 2.28. The first-order valence-electron chi connectivity index (χ1n) is 11.3. The molecular formula is C24H36N4O3. The van der Waals surface area contributed by atoms with Crippen LogP contribution < -0.4 is 16.4 Å². The van der Waals surface area contributed by atoms with Crippen LogP contribution in [0.25, 0.3) is 0 Å². The lowest BCUT2D eigenvalue weighted by Gasteiger charge is -2.34. The summed E-state index contributed by atoms with van der Waals surface area (Å²) in [4.78, 5) is 39.5. The minimum absolute atomic E-state index is 0.222. The van der Waals surface area contributed by atoms with Gasteiger partial charge in [0.15, 0.2) is 0 Å². The van der Waals surface area contributed by atoms with Gasteiger partial charge in [-0.25, -0.2) is 0 Å². The van der Waals surface area contributed by atoms with Crippen LogP contribution in [-0.4, -0.2) is 41.8 Å². The van der Waals surface area contributed by atoms with Gasteiger partial charge >= 0.3 is 0 Å². The lowest BCUT2D eigenvalue weighted by molar-refractivity contribution is -0.136. The maximum Gasteiger partial charge on any atom is 0.261 e. The van der Waals surface area contributed by atoms with Crippen molar-refractivity contribution < 1.29 is 14.4 Å². The highest BCUT2D eigenvalue weighted by Crippen LogP contribution is 2.27. The van der Waals surface area contributed by atoms with Crippen molar-refractivity contribution >= 4 is 23.4 Å². The van der Waals surface area contributed by atoms with Gasteiger partial charge in [0.05, 0.1) is 5.56 Å². The molecule has 1 aliphatic heterocycles. The van der Waals surface area contributed by atoms with Gasteiger partial charge in [0.25, 0.3) is 5.91 Å². The molecule has 0 saturated carbocycles. The molecule has 7 heteroatoms. The lowest BCUT2D eigenvalue weighted by Crippen LogP contribution is -2.53. The van der Waals surface area contributed by atoms with Crippen molar-refractivity contribution in [2.75, 3.05) is 18.4 Å². The fraction of sp³-hybridized carbons (Fsp3) is 0.542. The molecule has 0 aromatic heterocycles. The Bertz CT molecular complexity index is 819. The number of amides is 3. The zero-order valence-corrected chi connectivity index (χ0v) is 19.0. The van der Waals surface area contributed by atoms with E-state index in [0.29, 0.717) is 18.5 Å². The first-order valence-corrected chi connectivity index (χ1v) is 11.3. The number of carbonyl (C=O) groups excluding carboxylic acids is 3. The number of aryl methyl sites for hydroxylation is 1. The van der Waals surface area contributed by atoms with Gasteiger partial charge in [-0.2, -0.15) is 0 Å². The van der Waals surface area contributed by atoms with Crippen LogP contribution in [0.5, 0.6) is 0 Å². The second-order valence-electron chi connectivity index (χ2n) is 8.02. The minimum Gasteiger partial charge on any atom is -0.384 e. The fourth-order valence-corrected chi connectivity index (χ4v) is 3.94. The van der Waals surface area contributed by atoms with E-state index in [1.54, 1.807) is 4.90 Å². The Hall–Kier alpha value is -2.67. The van der Waals surface area contributed by atoms with Gasteiger partial charge in [0, 0.05) is 24.4 Å². The van der Waals surface area contributed by atoms with E-state index >= 15 is 0 Å². The molecule has 1 aliphatic rings. The summed E-state index contributed by atoms with van der Waals surface area (Å²) < 4.78 is 0. The number of benzene rings is 1. The van der Waals surface area contributed by atoms with Crippen LogP contribution in [0, 0.1) is 6.92 Å². The van der Waals surface area contributed by atoms with Crippen LogP contribution in [0.15, 0.2) is 30.0 Å². The average Bonchev–Trinajstić information content (AvgIpc) is 2.72. The predicted octanol–water partition coefficient (Wildman–Crippen LogP) is 3.49. The normalized spacial score (nSPS) is 16.8. The third-order valence-electron chi connectivity index (χ3n) is 5.55. The molecule has 1 heterocycles. The first kappa shape index (κ1) is 24.6. The second-order valence-corrected chi connectivity index (χ2v) is 8.02. The number of hydrogen-bond acceptors (Lipinski definition) is 5. The molecule has 1 unspecified atom stereocenters. The van der Waals surface area contributed by atoms with Crippen molar-refractivity contribution in [3.8, 4) is 0 Å². The summed E-state index contributed by atoms with van der Waals surface area (Å²) in [6.45, 7) is 7.21. The molecule has 1 fully saturated rings. The Kier molecular flexibility index (Phi) is 9.72. The van der Waals surface area contributed by atoms with E-state index in [-0.39, 0.29) is 18.2 Å². The van der Waals surface area contributed by atoms with Crippen molar-refractivity contribution in [3.05, 3.63) is 41.1 Å². The second kappa shape index (κ2) is 12.2. The molecule has 0 radical (unpaired) electrons. The van der Waals surface area contributed by atoms with Gasteiger partial charge in [0.2, 0.25) is 11.8 Å². The molecule has 4 N–H and O–H groups in total. The van der Waals surface area contributed by atoms with Crippen molar-refractivity contribution in [1.29, 1.82) is 0 Å². The quantitative estimate of drug-likeness (QED) is 0.370. The highest BCUT2D eigenvalue weighted by atomic mass is 16.2. The maximum atomic E-state index is 13.8. The van der Waals surface area contributed by atoms with Crippen molar-refractivity contribution in [1.82, 2.24) is 10.2 Å². The number of carbonyl (C=O) groups is 3. The number of nitrogens with two attached hydrogens (primary N) is 1. The molecule has 0 aliphatic carbocycles. The van der Waals surface area contributed by atoms with E-state index in [0.717, 1.165) is 55.6 Å². The molecule has 1 aromatic carbocycles. The summed E-state index contributed by atoms with van der Waals surface area (Å²) in [5.74, 6) is -0.935. The molecule has 7 nitrogen and oxygen atoms in total. The molecule has 170 valence electrons. The third-order valence-corrected chi connectivity index (χ3v) is 5.55. The zero-order chi connectivity index (χ0) is 22.8. The fourth-order valence-electron chi connectivity index (χ4n) is 3.94. The van der Waals surface area contributed by atoms with Crippen LogP contribution >= 0.6 is 0 Å². The van der Waals surface area contributed by atoms with Gasteiger partial charge in [-0.15, -0.1) is 0 Å². The number of imide groups is 1. The van der Waals surface area contributed by atoms with Gasteiger partial charge in [-0.1, -0.05) is 38.0 Å². The minimum atomic E-state index is -0.697. The van der Waals surface area contributed by atoms with Crippen molar-refractivity contribution in [2.45, 2.75) is 71.8 Å². The summed E-state index contributed by atoms with van der Waals surface area (Å²) in [6, 6.07) is 5.04. The summed E-state index contributed by atoms with van der Waals surface area (Å²) in [5, 5.41) is 5.78. The predicted molar refractivity (Wildman–Crippen MR) is 124 cm³/mol. The Morgan fingerprint density at radius 2 is 2.00 bits per heavy atom. The SMILES string of the molecule is CC/C=C(\C)N(C(=O)c1c(C)cccc1NCCCCCCN)C1CCC(=O)NC1=O. The number of unbranched alkanes of at least 4 members (excludes halogenated alkanes) is 3. The van der Waals surface area contributed by atoms with Crippen molar-refractivity contribution in [2.24, 2.45) is 5.73 Å². The number of allylic oxidation sites excluding steroid dienone is 2. The van der Waals surface area contributed by atoms with E-state index in [1.807, 2.05) is 45.0 Å². The van der Waals surface area contributed by atoms with E-state index in [2.05, 4.69) is 10.6 Å². The smallest absolute Gasteiger partial charge is 0.261 e. The highest BCUT2D eigenvalue weighted by Gasteiger charge is 2.36. The topological polar surface area (TPSA) is 105 Å². The maximum absolute atomic E-state index is 13.8. The monoisotopic (exact) mass is 428 g/mol. The number of anilines is 1. The van der Waals surface area contributed by atoms with Crippen LogP contribution in [0.4, 0.5) is 5.69 Å². The molecule has 3 amide bonds. The molecule has 2 rings (SSSR count). The summed E-state index contributed by atoms with van der Waals surface area (Å²) in [6.07, 6.45) is 7.42.